The molecule has 1 atom stereocenters. The van der Waals surface area contributed by atoms with Gasteiger partial charge in [-0.25, -0.2) is 22.3 Å². The van der Waals surface area contributed by atoms with Crippen molar-refractivity contribution in [3.05, 3.63) is 29.6 Å². The molecule has 0 unspecified atom stereocenters. The molecular formula is C13H19FN2O4S. The fourth-order valence-corrected chi connectivity index (χ4v) is 3.09. The summed E-state index contributed by atoms with van der Waals surface area (Å²) in [5.41, 5.74) is -0.594. The van der Waals surface area contributed by atoms with Gasteiger partial charge in [0.1, 0.15) is 11.4 Å². The van der Waals surface area contributed by atoms with E-state index in [1.807, 2.05) is 6.92 Å². The average Bonchev–Trinajstić information content (AvgIpc) is 2.44. The molecule has 0 bridgehead atoms. The number of likely N-dealkylation sites (N-methyl/N-ethyl adjacent to an activating group) is 1. The quantitative estimate of drug-likeness (QED) is 0.729. The number of hydrogen-bond acceptors (Lipinski definition) is 5. The fourth-order valence-electron chi connectivity index (χ4n) is 1.76. The second-order valence-electron chi connectivity index (χ2n) is 4.42. The molecule has 0 aliphatic carbocycles. The third-order valence-electron chi connectivity index (χ3n) is 2.79. The maximum atomic E-state index is 13.7. The molecule has 1 aromatic carbocycles. The Balaban J connectivity index is 3.09. The van der Waals surface area contributed by atoms with Gasteiger partial charge in [0, 0.05) is 12.6 Å². The van der Waals surface area contributed by atoms with E-state index in [1.54, 1.807) is 6.92 Å². The maximum absolute atomic E-state index is 13.7. The van der Waals surface area contributed by atoms with Gasteiger partial charge in [-0.2, -0.15) is 0 Å². The molecule has 8 heteroatoms. The molecule has 1 rings (SSSR count). The highest BCUT2D eigenvalue weighted by molar-refractivity contribution is 7.89. The minimum Gasteiger partial charge on any atom is -0.465 e. The van der Waals surface area contributed by atoms with E-state index in [-0.39, 0.29) is 12.6 Å². The van der Waals surface area contributed by atoms with Crippen LogP contribution in [0.4, 0.5) is 4.39 Å². The van der Waals surface area contributed by atoms with E-state index in [2.05, 4.69) is 14.8 Å². The molecule has 0 aliphatic rings. The highest BCUT2D eigenvalue weighted by Gasteiger charge is 2.26. The zero-order valence-electron chi connectivity index (χ0n) is 12.1. The SMILES string of the molecule is CCN[C@H](C)CNS(=O)(=O)c1cccc(F)c1C(=O)OC. The largest absolute Gasteiger partial charge is 0.465 e. The van der Waals surface area contributed by atoms with Crippen LogP contribution in [0.5, 0.6) is 0 Å². The highest BCUT2D eigenvalue weighted by Crippen LogP contribution is 2.19. The Labute approximate surface area is 123 Å². The zero-order valence-corrected chi connectivity index (χ0v) is 13.0. The van der Waals surface area contributed by atoms with Crippen molar-refractivity contribution in [1.29, 1.82) is 0 Å². The number of methoxy groups -OCH3 is 1. The topological polar surface area (TPSA) is 84.5 Å². The molecule has 0 heterocycles. The number of halogens is 1. The number of rotatable bonds is 7. The highest BCUT2D eigenvalue weighted by atomic mass is 32.2. The third-order valence-corrected chi connectivity index (χ3v) is 4.25. The lowest BCUT2D eigenvalue weighted by Crippen LogP contribution is -2.39. The lowest BCUT2D eigenvalue weighted by Gasteiger charge is -2.15. The summed E-state index contributed by atoms with van der Waals surface area (Å²) >= 11 is 0. The smallest absolute Gasteiger partial charge is 0.342 e. The van der Waals surface area contributed by atoms with E-state index in [0.29, 0.717) is 6.54 Å². The average molecular weight is 318 g/mol. The predicted octanol–water partition coefficient (Wildman–Crippen LogP) is 0.889. The van der Waals surface area contributed by atoms with Gasteiger partial charge in [-0.15, -0.1) is 0 Å². The molecule has 2 N–H and O–H groups in total. The Hall–Kier alpha value is -1.51. The molecular weight excluding hydrogens is 299 g/mol. The number of carbonyl (C=O) groups is 1. The fraction of sp³-hybridized carbons (Fsp3) is 0.462. The molecule has 6 nitrogen and oxygen atoms in total. The Bertz CT molecular complexity index is 604. The van der Waals surface area contributed by atoms with Crippen LogP contribution >= 0.6 is 0 Å². The van der Waals surface area contributed by atoms with Crippen LogP contribution in [-0.2, 0) is 14.8 Å². The van der Waals surface area contributed by atoms with Gasteiger partial charge < -0.3 is 10.1 Å². The first-order valence-corrected chi connectivity index (χ1v) is 7.91. The normalized spacial score (nSPS) is 13.0. The number of sulfonamides is 1. The molecule has 0 amide bonds. The van der Waals surface area contributed by atoms with Crippen LogP contribution in [0, 0.1) is 5.82 Å². The van der Waals surface area contributed by atoms with Crippen LogP contribution in [0.25, 0.3) is 0 Å². The van der Waals surface area contributed by atoms with E-state index in [4.69, 9.17) is 0 Å². The molecule has 0 aliphatic heterocycles. The van der Waals surface area contributed by atoms with Crippen LogP contribution in [0.2, 0.25) is 0 Å². The molecule has 0 spiro atoms. The Morgan fingerprint density at radius 3 is 2.67 bits per heavy atom. The zero-order chi connectivity index (χ0) is 16.0. The van der Waals surface area contributed by atoms with Gasteiger partial charge in [0.15, 0.2) is 0 Å². The first-order chi connectivity index (χ1) is 9.83. The van der Waals surface area contributed by atoms with Crippen molar-refractivity contribution in [3.63, 3.8) is 0 Å². The molecule has 118 valence electrons. The van der Waals surface area contributed by atoms with Gasteiger partial charge >= 0.3 is 5.97 Å². The predicted molar refractivity (Wildman–Crippen MR) is 76.1 cm³/mol. The monoisotopic (exact) mass is 318 g/mol. The van der Waals surface area contributed by atoms with Crippen molar-refractivity contribution in [2.75, 3.05) is 20.2 Å². The van der Waals surface area contributed by atoms with Crippen molar-refractivity contribution in [1.82, 2.24) is 10.0 Å². The van der Waals surface area contributed by atoms with Crippen molar-refractivity contribution in [2.45, 2.75) is 24.8 Å². The summed E-state index contributed by atoms with van der Waals surface area (Å²) in [5, 5.41) is 3.04. The van der Waals surface area contributed by atoms with Gasteiger partial charge in [-0.1, -0.05) is 13.0 Å². The summed E-state index contributed by atoms with van der Waals surface area (Å²) in [4.78, 5) is 11.1. The molecule has 0 radical (unpaired) electrons. The van der Waals surface area contributed by atoms with Crippen LogP contribution < -0.4 is 10.0 Å². The van der Waals surface area contributed by atoms with Crippen LogP contribution in [0.15, 0.2) is 23.1 Å². The van der Waals surface area contributed by atoms with Crippen LogP contribution in [0.1, 0.15) is 24.2 Å². The van der Waals surface area contributed by atoms with Gasteiger partial charge in [0.2, 0.25) is 10.0 Å². The summed E-state index contributed by atoms with van der Waals surface area (Å²) in [6, 6.07) is 3.30. The summed E-state index contributed by atoms with van der Waals surface area (Å²) in [6.45, 7) is 4.51. The Morgan fingerprint density at radius 1 is 1.43 bits per heavy atom. The second-order valence-corrected chi connectivity index (χ2v) is 6.15. The van der Waals surface area contributed by atoms with E-state index >= 15 is 0 Å². The maximum Gasteiger partial charge on any atom is 0.342 e. The van der Waals surface area contributed by atoms with Crippen molar-refractivity contribution in [3.8, 4) is 0 Å². The van der Waals surface area contributed by atoms with Gasteiger partial charge in [-0.3, -0.25) is 0 Å². The molecule has 21 heavy (non-hydrogen) atoms. The number of esters is 1. The summed E-state index contributed by atoms with van der Waals surface area (Å²) in [7, 11) is -2.95. The minimum absolute atomic E-state index is 0.0973. The number of ether oxygens (including phenoxy) is 1. The number of nitrogens with one attached hydrogen (secondary N) is 2. The van der Waals surface area contributed by atoms with Gasteiger partial charge in [-0.05, 0) is 25.6 Å². The van der Waals surface area contributed by atoms with Crippen LogP contribution in [0.3, 0.4) is 0 Å². The van der Waals surface area contributed by atoms with Crippen molar-refractivity contribution >= 4 is 16.0 Å². The number of carbonyl (C=O) groups excluding carboxylic acids is 1. The minimum atomic E-state index is -4.01. The van der Waals surface area contributed by atoms with Gasteiger partial charge in [0.25, 0.3) is 0 Å². The van der Waals surface area contributed by atoms with Gasteiger partial charge in [0.05, 0.1) is 12.0 Å². The van der Waals surface area contributed by atoms with Crippen molar-refractivity contribution < 1.29 is 22.3 Å². The lowest BCUT2D eigenvalue weighted by atomic mass is 10.2. The molecule has 0 saturated carbocycles. The van der Waals surface area contributed by atoms with E-state index in [0.717, 1.165) is 19.2 Å². The molecule has 0 aromatic heterocycles. The summed E-state index contributed by atoms with van der Waals surface area (Å²) in [5.74, 6) is -1.97. The summed E-state index contributed by atoms with van der Waals surface area (Å²) in [6.07, 6.45) is 0. The first-order valence-electron chi connectivity index (χ1n) is 6.43. The Morgan fingerprint density at radius 2 is 2.10 bits per heavy atom. The third kappa shape index (κ3) is 4.48. The summed E-state index contributed by atoms with van der Waals surface area (Å²) < 4.78 is 44.9. The number of benzene rings is 1. The van der Waals surface area contributed by atoms with E-state index in [9.17, 15) is 17.6 Å². The molecule has 1 aromatic rings. The number of hydrogen-bond donors (Lipinski definition) is 2. The lowest BCUT2D eigenvalue weighted by molar-refractivity contribution is 0.0590. The van der Waals surface area contributed by atoms with E-state index in [1.165, 1.54) is 6.07 Å². The van der Waals surface area contributed by atoms with Crippen LogP contribution in [-0.4, -0.2) is 40.6 Å². The first kappa shape index (κ1) is 17.5. The molecule has 0 fully saturated rings. The molecule has 0 saturated heterocycles. The second kappa shape index (κ2) is 7.48. The van der Waals surface area contributed by atoms with E-state index < -0.39 is 32.3 Å². The Kier molecular flexibility index (Phi) is 6.25. The van der Waals surface area contributed by atoms with Crippen molar-refractivity contribution in [2.24, 2.45) is 0 Å². The standard InChI is InChI=1S/C13H19FN2O4S/c1-4-15-9(2)8-16-21(18,19)11-7-5-6-10(14)12(11)13(17)20-3/h5-7,9,15-16H,4,8H2,1-3H3/t9-/m1/s1.